The standard InChI is InChI=1S/C14H26.3C14H24.C14H26.C13H24.2C13H22/c4*1-12(2)13-7-6-10-14(11-13)8-4-3-5-9-14;1-12(2)13-7-10-14(11-13)8-5-3-4-6-9-14;3*1-11(2)12-6-5-9-13(10-12)7-3-4-8-13/h12-13H,3-11H2,1-2H3;11-12H,3-10H2,1-2H3;7,12H,3-6,8-11H2,1-2H3;4,8,12-13H,3,5-7,9-11H2,1-2H3;12-13H,3-11H2,1-2H3;11-12H,3-10H2,1-2H3;10-11H,3-9H2,1-2H3;6,11H,3-5,7-10H2,1-2H3. The highest BCUT2D eigenvalue weighted by molar-refractivity contribution is 5.19. The van der Waals surface area contributed by atoms with E-state index in [2.05, 4.69) is 147 Å². The minimum absolute atomic E-state index is 0.630. The summed E-state index contributed by atoms with van der Waals surface area (Å²) in [6, 6.07) is 0. The summed E-state index contributed by atoms with van der Waals surface area (Å²) in [5.41, 5.74) is 12.9. The van der Waals surface area contributed by atoms with E-state index in [0.29, 0.717) is 16.2 Å². The second-order valence-corrected chi connectivity index (χ2v) is 45.9. The Labute approximate surface area is 684 Å². The fraction of sp³-hybridized carbons (Fsp3) is 0.908. The van der Waals surface area contributed by atoms with Crippen molar-refractivity contribution in [2.45, 2.75) is 515 Å². The monoisotopic (exact) mass is 1500 g/mol. The van der Waals surface area contributed by atoms with Crippen LogP contribution in [0, 0.1) is 114 Å². The minimum atomic E-state index is 0.630. The van der Waals surface area contributed by atoms with Crippen LogP contribution >= 0.6 is 0 Å². The van der Waals surface area contributed by atoms with Crippen LogP contribution in [0.15, 0.2) is 58.7 Å². The number of rotatable bonds is 8. The molecule has 8 spiro atoms. The molecule has 0 nitrogen and oxygen atoms in total. The van der Waals surface area contributed by atoms with Gasteiger partial charge in [-0.1, -0.05) is 330 Å². The Morgan fingerprint density at radius 2 is 0.505 bits per heavy atom. The Balaban J connectivity index is 0.000000144. The van der Waals surface area contributed by atoms with Gasteiger partial charge in [0.05, 0.1) is 0 Å². The molecule has 16 aliphatic rings. The average Bonchev–Trinajstić information content (AvgIpc) is 0.831. The third-order valence-corrected chi connectivity index (χ3v) is 35.2. The highest BCUT2D eigenvalue weighted by atomic mass is 14.5. The van der Waals surface area contributed by atoms with E-state index in [-0.39, 0.29) is 0 Å². The summed E-state index contributed by atoms with van der Waals surface area (Å²) in [6.07, 6.45) is 109. The quantitative estimate of drug-likeness (QED) is 0.213. The van der Waals surface area contributed by atoms with Crippen LogP contribution < -0.4 is 0 Å². The Bertz CT molecular complexity index is 2660. The normalized spacial score (nSPS) is 30.4. The summed E-state index contributed by atoms with van der Waals surface area (Å²) >= 11 is 0. The molecule has 11 fully saturated rings. The van der Waals surface area contributed by atoms with Crippen molar-refractivity contribution in [1.29, 1.82) is 0 Å². The third kappa shape index (κ3) is 28.2. The summed E-state index contributed by atoms with van der Waals surface area (Å²) in [6.45, 7) is 38.1. The Morgan fingerprint density at radius 1 is 0.229 bits per heavy atom. The van der Waals surface area contributed by atoms with E-state index in [1.165, 1.54) is 327 Å². The lowest BCUT2D eigenvalue weighted by Crippen LogP contribution is -2.32. The summed E-state index contributed by atoms with van der Waals surface area (Å²) < 4.78 is 0. The van der Waals surface area contributed by atoms with Crippen LogP contribution in [-0.2, 0) is 0 Å². The van der Waals surface area contributed by atoms with E-state index in [9.17, 15) is 0 Å². The van der Waals surface area contributed by atoms with Gasteiger partial charge in [0.15, 0.2) is 0 Å². The molecule has 0 N–H and O–H groups in total. The maximum Gasteiger partial charge on any atom is -0.0115 e. The molecule has 0 radical (unpaired) electrons. The van der Waals surface area contributed by atoms with Crippen LogP contribution in [0.4, 0.5) is 0 Å². The predicted octanol–water partition coefficient (Wildman–Crippen LogP) is 36.6. The number of hydrogen-bond donors (Lipinski definition) is 0. The van der Waals surface area contributed by atoms with Crippen LogP contribution in [0.3, 0.4) is 0 Å². The van der Waals surface area contributed by atoms with Crippen LogP contribution in [0.2, 0.25) is 0 Å². The molecule has 5 unspecified atom stereocenters. The fourth-order valence-electron chi connectivity index (χ4n) is 27.5. The van der Waals surface area contributed by atoms with Gasteiger partial charge in [-0.05, 0) is 358 Å². The maximum absolute atomic E-state index is 2.68. The molecule has 5 atom stereocenters. The second-order valence-electron chi connectivity index (χ2n) is 45.9. The number of allylic oxidation sites excluding steroid dienone is 10. The first-order valence-corrected chi connectivity index (χ1v) is 50.7. The van der Waals surface area contributed by atoms with Crippen molar-refractivity contribution in [3.8, 4) is 0 Å². The lowest BCUT2D eigenvalue weighted by Gasteiger charge is -2.45. The maximum atomic E-state index is 2.68. The van der Waals surface area contributed by atoms with Crippen LogP contribution in [0.1, 0.15) is 515 Å². The zero-order chi connectivity index (χ0) is 78.0. The molecule has 0 aliphatic heterocycles. The van der Waals surface area contributed by atoms with Crippen molar-refractivity contribution in [2.75, 3.05) is 0 Å². The smallest absolute Gasteiger partial charge is 0.0115 e. The molecular weight excluding hydrogens is 1310 g/mol. The first-order valence-electron chi connectivity index (χ1n) is 50.7. The van der Waals surface area contributed by atoms with Crippen molar-refractivity contribution in [2.24, 2.45) is 114 Å². The van der Waals surface area contributed by atoms with E-state index >= 15 is 0 Å². The molecule has 0 bridgehead atoms. The molecule has 0 heterocycles. The SMILES string of the molecule is CC(C)C1=CC2(CCCC2)CCC1.CC(C)C1=CC2(CCCCC2)CCC1.CC(C)C1=CCCC2(CCCC2)C1.CC(C)C1=CCCC2(CCCCC2)C1.CC(C)C1CCC2(CCCCCC2)C1.CC(C)C1CCCC2(C=CCCC2)C1.CC(C)C1CCCC2(CCCC2)C1.CC(C)C1CCCC2(CCCCC2)C1. The van der Waals surface area contributed by atoms with Crippen LogP contribution in [0.5, 0.6) is 0 Å². The van der Waals surface area contributed by atoms with Gasteiger partial charge in [-0.25, -0.2) is 0 Å². The summed E-state index contributed by atoms with van der Waals surface area (Å²) in [4.78, 5) is 0. The zero-order valence-electron chi connectivity index (χ0n) is 76.9. The van der Waals surface area contributed by atoms with Gasteiger partial charge in [0.1, 0.15) is 0 Å². The van der Waals surface area contributed by atoms with E-state index < -0.39 is 0 Å². The van der Waals surface area contributed by atoms with Crippen LogP contribution in [0.25, 0.3) is 0 Å². The van der Waals surface area contributed by atoms with Crippen molar-refractivity contribution in [3.05, 3.63) is 58.7 Å². The lowest BCUT2D eigenvalue weighted by atomic mass is 9.61. The van der Waals surface area contributed by atoms with Gasteiger partial charge in [0.2, 0.25) is 0 Å². The molecule has 11 saturated carbocycles. The lowest BCUT2D eigenvalue weighted by molar-refractivity contribution is 0.0700. The molecule has 16 aliphatic carbocycles. The molecule has 16 rings (SSSR count). The molecule has 0 aromatic rings. The molecule has 0 amide bonds. The van der Waals surface area contributed by atoms with E-state index in [0.717, 1.165) is 98.1 Å². The second kappa shape index (κ2) is 44.5. The summed E-state index contributed by atoms with van der Waals surface area (Å²) in [5.74, 6) is 11.0. The van der Waals surface area contributed by atoms with E-state index in [1.54, 1.807) is 99.3 Å². The molecule has 0 saturated heterocycles. The molecule has 628 valence electrons. The zero-order valence-corrected chi connectivity index (χ0v) is 76.9. The summed E-state index contributed by atoms with van der Waals surface area (Å²) in [5, 5.41) is 0. The van der Waals surface area contributed by atoms with E-state index in [1.807, 2.05) is 0 Å². The van der Waals surface area contributed by atoms with Gasteiger partial charge in [0.25, 0.3) is 0 Å². The van der Waals surface area contributed by atoms with Crippen molar-refractivity contribution >= 4 is 0 Å². The fourth-order valence-corrected chi connectivity index (χ4v) is 27.5. The van der Waals surface area contributed by atoms with Gasteiger partial charge in [-0.3, -0.25) is 0 Å². The average molecular weight is 1500 g/mol. The molecule has 0 aromatic carbocycles. The molecule has 0 aromatic heterocycles. The van der Waals surface area contributed by atoms with Gasteiger partial charge < -0.3 is 0 Å². The highest BCUT2D eigenvalue weighted by Crippen LogP contribution is 2.57. The Kier molecular flexibility index (Phi) is 37.4. The highest BCUT2D eigenvalue weighted by Gasteiger charge is 2.44. The largest absolute Gasteiger partial charge is 0.0880 e. The van der Waals surface area contributed by atoms with Crippen molar-refractivity contribution in [1.82, 2.24) is 0 Å². The Hall–Kier alpha value is -1.30. The topological polar surface area (TPSA) is 0 Å². The summed E-state index contributed by atoms with van der Waals surface area (Å²) in [7, 11) is 0. The molecular formula is C109H192. The first-order chi connectivity index (χ1) is 52.2. The van der Waals surface area contributed by atoms with Crippen molar-refractivity contribution in [3.63, 3.8) is 0 Å². The first kappa shape index (κ1) is 91.6. The minimum Gasteiger partial charge on any atom is -0.0880 e. The third-order valence-electron chi connectivity index (χ3n) is 35.2. The van der Waals surface area contributed by atoms with Gasteiger partial charge in [-0.2, -0.15) is 0 Å². The van der Waals surface area contributed by atoms with E-state index in [4.69, 9.17) is 0 Å². The van der Waals surface area contributed by atoms with Gasteiger partial charge in [-0.15, -0.1) is 0 Å². The predicted molar refractivity (Wildman–Crippen MR) is 484 cm³/mol. The van der Waals surface area contributed by atoms with Gasteiger partial charge >= 0.3 is 0 Å². The number of hydrogen-bond acceptors (Lipinski definition) is 0. The molecule has 109 heavy (non-hydrogen) atoms. The van der Waals surface area contributed by atoms with Crippen molar-refractivity contribution < 1.29 is 0 Å². The van der Waals surface area contributed by atoms with Gasteiger partial charge in [0, 0.05) is 0 Å². The van der Waals surface area contributed by atoms with Crippen LogP contribution in [-0.4, -0.2) is 0 Å². The molecule has 0 heteroatoms. The Morgan fingerprint density at radius 3 is 0.853 bits per heavy atom.